The van der Waals surface area contributed by atoms with Crippen LogP contribution in [0.3, 0.4) is 0 Å². The number of ether oxygens (including phenoxy) is 1. The quantitative estimate of drug-likeness (QED) is 0.273. The van der Waals surface area contributed by atoms with Gasteiger partial charge in [0.1, 0.15) is 17.5 Å². The summed E-state index contributed by atoms with van der Waals surface area (Å²) in [5, 5.41) is 9.30. The van der Waals surface area contributed by atoms with Gasteiger partial charge in [0.2, 0.25) is 11.9 Å². The molecule has 0 aliphatic carbocycles. The Labute approximate surface area is 243 Å². The molecule has 2 aromatic rings. The highest BCUT2D eigenvalue weighted by molar-refractivity contribution is 5.94. The zero-order chi connectivity index (χ0) is 30.6. The van der Waals surface area contributed by atoms with Crippen molar-refractivity contribution in [2.45, 2.75) is 65.5 Å². The maximum Gasteiger partial charge on any atom is 0.410 e. The zero-order valence-corrected chi connectivity index (χ0v) is 25.4. The Morgan fingerprint density at radius 2 is 1.76 bits per heavy atom. The van der Waals surface area contributed by atoms with Crippen LogP contribution in [0.1, 0.15) is 69.8 Å². The SMILES string of the molecule is CCCNc1nc(Nc2ccc(C(=O)N(C)C)cc2)ncc1C#CCCCNC(=O)[C@H](C)N(C)C(=O)OC(C)(C)C. The first-order valence-corrected chi connectivity index (χ1v) is 13.7. The van der Waals surface area contributed by atoms with Crippen LogP contribution in [0, 0.1) is 11.8 Å². The average Bonchev–Trinajstić information content (AvgIpc) is 2.92. The van der Waals surface area contributed by atoms with Crippen molar-refractivity contribution in [3.8, 4) is 11.8 Å². The summed E-state index contributed by atoms with van der Waals surface area (Å²) in [4.78, 5) is 48.5. The van der Waals surface area contributed by atoms with Crippen molar-refractivity contribution in [2.75, 3.05) is 44.9 Å². The third-order valence-corrected chi connectivity index (χ3v) is 5.77. The van der Waals surface area contributed by atoms with Crippen LogP contribution in [-0.4, -0.2) is 83.6 Å². The monoisotopic (exact) mass is 565 g/mol. The third-order valence-electron chi connectivity index (χ3n) is 5.77. The minimum absolute atomic E-state index is 0.0653. The van der Waals surface area contributed by atoms with E-state index in [4.69, 9.17) is 4.74 Å². The van der Waals surface area contributed by atoms with Crippen LogP contribution in [0.15, 0.2) is 30.5 Å². The summed E-state index contributed by atoms with van der Waals surface area (Å²) < 4.78 is 5.32. The summed E-state index contributed by atoms with van der Waals surface area (Å²) in [6.45, 7) is 10.2. The smallest absolute Gasteiger partial charge is 0.410 e. The van der Waals surface area contributed by atoms with Gasteiger partial charge < -0.3 is 25.6 Å². The number of nitrogens with one attached hydrogen (secondary N) is 3. The molecule has 0 aliphatic heterocycles. The second-order valence-electron chi connectivity index (χ2n) is 10.7. The van der Waals surface area contributed by atoms with E-state index in [2.05, 4.69) is 44.7 Å². The highest BCUT2D eigenvalue weighted by Crippen LogP contribution is 2.18. The molecule has 0 spiro atoms. The van der Waals surface area contributed by atoms with Gasteiger partial charge in [0.25, 0.3) is 5.91 Å². The normalized spacial score (nSPS) is 11.4. The van der Waals surface area contributed by atoms with Crippen molar-refractivity contribution in [2.24, 2.45) is 0 Å². The van der Waals surface area contributed by atoms with Gasteiger partial charge in [-0.1, -0.05) is 18.8 Å². The molecule has 2 rings (SSSR count). The molecule has 222 valence electrons. The second-order valence-corrected chi connectivity index (χ2v) is 10.7. The Hall–Kier alpha value is -4.33. The van der Waals surface area contributed by atoms with E-state index in [1.165, 1.54) is 9.80 Å². The molecule has 0 fully saturated rings. The number of unbranched alkanes of at least 4 members (excludes halogenated alkanes) is 1. The predicted molar refractivity (Wildman–Crippen MR) is 161 cm³/mol. The molecule has 3 amide bonds. The minimum atomic E-state index is -0.661. The van der Waals surface area contributed by atoms with Crippen LogP contribution >= 0.6 is 0 Å². The zero-order valence-electron chi connectivity index (χ0n) is 25.4. The third kappa shape index (κ3) is 11.0. The van der Waals surface area contributed by atoms with Crippen molar-refractivity contribution in [3.63, 3.8) is 0 Å². The molecular formula is C30H43N7O4. The van der Waals surface area contributed by atoms with Crippen LogP contribution in [0.2, 0.25) is 0 Å². The van der Waals surface area contributed by atoms with Crippen LogP contribution in [0.4, 0.5) is 22.2 Å². The molecule has 11 heteroatoms. The molecule has 0 aliphatic rings. The van der Waals surface area contributed by atoms with Crippen LogP contribution in [-0.2, 0) is 9.53 Å². The van der Waals surface area contributed by atoms with E-state index in [0.717, 1.165) is 18.7 Å². The van der Waals surface area contributed by atoms with Crippen LogP contribution < -0.4 is 16.0 Å². The number of rotatable bonds is 11. The van der Waals surface area contributed by atoms with Crippen LogP contribution in [0.5, 0.6) is 0 Å². The van der Waals surface area contributed by atoms with Gasteiger partial charge in [-0.3, -0.25) is 14.5 Å². The van der Waals surface area contributed by atoms with Crippen molar-refractivity contribution >= 4 is 35.4 Å². The number of amides is 3. The Kier molecular flexibility index (Phi) is 12.4. The van der Waals surface area contributed by atoms with Gasteiger partial charge in [-0.15, -0.1) is 0 Å². The van der Waals surface area contributed by atoms with Gasteiger partial charge >= 0.3 is 6.09 Å². The number of anilines is 3. The lowest BCUT2D eigenvalue weighted by molar-refractivity contribution is -0.125. The molecule has 0 unspecified atom stereocenters. The number of hydrogen-bond donors (Lipinski definition) is 3. The number of carbonyl (C=O) groups excluding carboxylic acids is 3. The highest BCUT2D eigenvalue weighted by atomic mass is 16.6. The van der Waals surface area contributed by atoms with Gasteiger partial charge in [0.15, 0.2) is 0 Å². The molecule has 1 atom stereocenters. The van der Waals surface area contributed by atoms with Gasteiger partial charge in [0.05, 0.1) is 11.8 Å². The summed E-state index contributed by atoms with van der Waals surface area (Å²) in [6.07, 6.45) is 3.24. The maximum absolute atomic E-state index is 12.4. The molecular weight excluding hydrogens is 522 g/mol. The standard InChI is InChI=1S/C30H43N7O4/c1-9-18-31-25-23(20-33-28(35-25)34-24-16-14-22(15-17-24)27(39)36(6)7)13-11-10-12-19-32-26(38)21(2)37(8)29(40)41-30(3,4)5/h14-17,20-21H,9-10,12,18-19H2,1-8H3,(H,32,38)(H2,31,33,34,35)/t21-/m0/s1. The Morgan fingerprint density at radius 1 is 1.07 bits per heavy atom. The molecule has 0 saturated heterocycles. The van der Waals surface area contributed by atoms with Gasteiger partial charge in [-0.05, 0) is 64.8 Å². The Morgan fingerprint density at radius 3 is 2.37 bits per heavy atom. The maximum atomic E-state index is 12.4. The number of hydrogen-bond acceptors (Lipinski definition) is 8. The van der Waals surface area contributed by atoms with E-state index in [1.54, 1.807) is 67.2 Å². The first kappa shape index (κ1) is 32.9. The first-order chi connectivity index (χ1) is 19.3. The number of likely N-dealkylation sites (N-methyl/N-ethyl adjacent to an activating group) is 1. The molecule has 1 aromatic heterocycles. The number of aromatic nitrogens is 2. The Balaban J connectivity index is 1.93. The molecule has 1 heterocycles. The molecule has 0 bridgehead atoms. The summed E-state index contributed by atoms with van der Waals surface area (Å²) in [5.74, 6) is 6.96. The highest BCUT2D eigenvalue weighted by Gasteiger charge is 2.26. The van der Waals surface area contributed by atoms with Gasteiger partial charge in [-0.25, -0.2) is 9.78 Å². The summed E-state index contributed by atoms with van der Waals surface area (Å²) in [7, 11) is 4.97. The lowest BCUT2D eigenvalue weighted by Gasteiger charge is -2.28. The minimum Gasteiger partial charge on any atom is -0.444 e. The second kappa shape index (κ2) is 15.5. The predicted octanol–water partition coefficient (Wildman–Crippen LogP) is 4.25. The first-order valence-electron chi connectivity index (χ1n) is 13.7. The van der Waals surface area contributed by atoms with Crippen molar-refractivity contribution < 1.29 is 19.1 Å². The molecule has 1 aromatic carbocycles. The van der Waals surface area contributed by atoms with Crippen molar-refractivity contribution in [3.05, 3.63) is 41.6 Å². The lowest BCUT2D eigenvalue weighted by atomic mass is 10.2. The number of benzene rings is 1. The van der Waals surface area contributed by atoms with E-state index < -0.39 is 17.7 Å². The molecule has 0 saturated carbocycles. The van der Waals surface area contributed by atoms with Gasteiger partial charge in [0, 0.05) is 51.9 Å². The largest absolute Gasteiger partial charge is 0.444 e. The number of nitrogens with zero attached hydrogens (tertiary/aromatic N) is 4. The molecule has 0 radical (unpaired) electrons. The van der Waals surface area contributed by atoms with E-state index in [9.17, 15) is 14.4 Å². The van der Waals surface area contributed by atoms with Crippen LogP contribution in [0.25, 0.3) is 0 Å². The number of carbonyl (C=O) groups is 3. The van der Waals surface area contributed by atoms with Crippen molar-refractivity contribution in [1.82, 2.24) is 25.1 Å². The van der Waals surface area contributed by atoms with E-state index in [-0.39, 0.29) is 11.8 Å². The molecule has 3 N–H and O–H groups in total. The fourth-order valence-corrected chi connectivity index (χ4v) is 3.36. The van der Waals surface area contributed by atoms with E-state index in [0.29, 0.717) is 42.3 Å². The molecule has 11 nitrogen and oxygen atoms in total. The van der Waals surface area contributed by atoms with Gasteiger partial charge in [-0.2, -0.15) is 4.98 Å². The van der Waals surface area contributed by atoms with Crippen molar-refractivity contribution in [1.29, 1.82) is 0 Å². The van der Waals surface area contributed by atoms with E-state index >= 15 is 0 Å². The van der Waals surface area contributed by atoms with E-state index in [1.807, 2.05) is 12.1 Å². The fraction of sp³-hybridized carbons (Fsp3) is 0.500. The average molecular weight is 566 g/mol. The lowest BCUT2D eigenvalue weighted by Crippen LogP contribution is -2.47. The topological polar surface area (TPSA) is 129 Å². The molecule has 41 heavy (non-hydrogen) atoms. The summed E-state index contributed by atoms with van der Waals surface area (Å²) in [6, 6.07) is 6.46. The Bertz CT molecular complexity index is 1240. The fourth-order valence-electron chi connectivity index (χ4n) is 3.36. The summed E-state index contributed by atoms with van der Waals surface area (Å²) in [5.41, 5.74) is 1.40. The summed E-state index contributed by atoms with van der Waals surface area (Å²) >= 11 is 0.